The third kappa shape index (κ3) is 38.4. The summed E-state index contributed by atoms with van der Waals surface area (Å²) in [7, 11) is -4.82. The molecule has 0 unspecified atom stereocenters. The second-order valence-electron chi connectivity index (χ2n) is 12.6. The number of unbranched alkanes of at least 4 members (excludes halogenated alkanes) is 6. The van der Waals surface area contributed by atoms with Gasteiger partial charge in [-0.2, -0.15) is 0 Å². The van der Waals surface area contributed by atoms with E-state index >= 15 is 0 Å². The molecular weight excluding hydrogens is 707 g/mol. The maximum absolute atomic E-state index is 12.4. The van der Waals surface area contributed by atoms with Gasteiger partial charge in [-0.1, -0.05) is 136 Å². The lowest BCUT2D eigenvalue weighted by Crippen LogP contribution is -2.29. The van der Waals surface area contributed by atoms with Gasteiger partial charge in [-0.15, -0.1) is 0 Å². The normalized spacial score (nSPS) is 14.9. The standard InChI is InChI=1S/C43H67O10P/c1-3-5-7-8-9-10-11-12-13-14-15-16-20-23-29-36-43(47)53-41(38-52-54(48,49)50)37-51-42(46)35-30-24-28-34-40(45)33-27-22-19-17-18-21-26-32-39(44)31-25-6-4-2/h6,9-10,12-13,15-16,18-19,21-22,25-28,32-34,39-41,44-45H,3-5,7-8,11,14,17,20,23-24,29-31,35-38H2,1-2H3,(H2,48,49,50)/b10-9-,13-12-,16-15-,21-18-,22-19-,25-6-,32-26+,33-27+,34-28-/t39-,40-,41-/m1/s1. The molecule has 0 aromatic carbocycles. The Morgan fingerprint density at radius 3 is 1.85 bits per heavy atom. The second-order valence-corrected chi connectivity index (χ2v) is 13.8. The van der Waals surface area contributed by atoms with Crippen molar-refractivity contribution in [2.24, 2.45) is 0 Å². The molecule has 0 fully saturated rings. The van der Waals surface area contributed by atoms with Crippen molar-refractivity contribution in [3.05, 3.63) is 109 Å². The predicted molar refractivity (Wildman–Crippen MR) is 218 cm³/mol. The summed E-state index contributed by atoms with van der Waals surface area (Å²) in [6.07, 6.45) is 44.6. The highest BCUT2D eigenvalue weighted by Gasteiger charge is 2.22. The minimum absolute atomic E-state index is 0.0656. The van der Waals surface area contributed by atoms with Crippen LogP contribution in [0.1, 0.15) is 117 Å². The Balaban J connectivity index is 4.32. The number of carbonyl (C=O) groups excluding carboxylic acids is 2. The van der Waals surface area contributed by atoms with E-state index < -0.39 is 51.3 Å². The van der Waals surface area contributed by atoms with Gasteiger partial charge in [0.05, 0.1) is 18.8 Å². The van der Waals surface area contributed by atoms with Crippen LogP contribution in [-0.4, -0.2) is 63.5 Å². The fraction of sp³-hybridized carbons (Fsp3) is 0.535. The maximum Gasteiger partial charge on any atom is 0.469 e. The Bertz CT molecular complexity index is 1270. The van der Waals surface area contributed by atoms with Crippen molar-refractivity contribution in [1.82, 2.24) is 0 Å². The van der Waals surface area contributed by atoms with E-state index in [2.05, 4.69) is 47.9 Å². The molecular formula is C43H67O10P. The minimum atomic E-state index is -4.82. The molecule has 0 amide bonds. The first-order valence-corrected chi connectivity index (χ1v) is 20.9. The van der Waals surface area contributed by atoms with Crippen molar-refractivity contribution >= 4 is 19.8 Å². The van der Waals surface area contributed by atoms with Crippen LogP contribution in [0.5, 0.6) is 0 Å². The molecule has 0 spiro atoms. The average molecular weight is 775 g/mol. The molecule has 0 bridgehead atoms. The highest BCUT2D eigenvalue weighted by Crippen LogP contribution is 2.35. The van der Waals surface area contributed by atoms with Crippen LogP contribution < -0.4 is 0 Å². The van der Waals surface area contributed by atoms with Gasteiger partial charge in [-0.05, 0) is 77.0 Å². The molecule has 0 saturated carbocycles. The molecule has 0 heterocycles. The number of phosphoric ester groups is 1. The first-order chi connectivity index (χ1) is 26.1. The molecule has 304 valence electrons. The molecule has 0 aliphatic rings. The number of hydrogen-bond acceptors (Lipinski definition) is 8. The fourth-order valence-electron chi connectivity index (χ4n) is 4.53. The number of hydrogen-bond donors (Lipinski definition) is 4. The van der Waals surface area contributed by atoms with Gasteiger partial charge in [0.2, 0.25) is 0 Å². The molecule has 4 N–H and O–H groups in total. The van der Waals surface area contributed by atoms with Crippen molar-refractivity contribution < 1.29 is 48.2 Å². The van der Waals surface area contributed by atoms with Crippen molar-refractivity contribution in [3.63, 3.8) is 0 Å². The van der Waals surface area contributed by atoms with Crippen LogP contribution in [0.2, 0.25) is 0 Å². The van der Waals surface area contributed by atoms with Gasteiger partial charge in [0.15, 0.2) is 6.10 Å². The van der Waals surface area contributed by atoms with Gasteiger partial charge < -0.3 is 29.5 Å². The summed E-state index contributed by atoms with van der Waals surface area (Å²) in [6, 6.07) is 0. The van der Waals surface area contributed by atoms with Gasteiger partial charge in [-0.3, -0.25) is 14.1 Å². The highest BCUT2D eigenvalue weighted by molar-refractivity contribution is 7.46. The first kappa shape index (κ1) is 50.6. The van der Waals surface area contributed by atoms with Crippen LogP contribution in [0.25, 0.3) is 0 Å². The molecule has 11 heteroatoms. The Hall–Kier alpha value is -3.37. The van der Waals surface area contributed by atoms with Crippen LogP contribution in [0, 0.1) is 0 Å². The van der Waals surface area contributed by atoms with E-state index in [1.54, 1.807) is 30.4 Å². The van der Waals surface area contributed by atoms with E-state index in [-0.39, 0.29) is 12.8 Å². The van der Waals surface area contributed by atoms with E-state index in [9.17, 15) is 24.4 Å². The molecule has 0 aliphatic heterocycles. The number of aliphatic hydroxyl groups is 2. The third-order valence-corrected chi connectivity index (χ3v) is 7.94. The zero-order valence-corrected chi connectivity index (χ0v) is 33.4. The molecule has 0 saturated heterocycles. The summed E-state index contributed by atoms with van der Waals surface area (Å²) in [5.74, 6) is -1.13. The Morgan fingerprint density at radius 1 is 0.611 bits per heavy atom. The Kier molecular flexibility index (Phi) is 34.3. The quantitative estimate of drug-likeness (QED) is 0.0166. The van der Waals surface area contributed by atoms with E-state index in [4.69, 9.17) is 19.3 Å². The van der Waals surface area contributed by atoms with Gasteiger partial charge >= 0.3 is 19.8 Å². The molecule has 0 radical (unpaired) electrons. The monoisotopic (exact) mass is 774 g/mol. The lowest BCUT2D eigenvalue weighted by molar-refractivity contribution is -0.161. The van der Waals surface area contributed by atoms with Crippen LogP contribution in [0.4, 0.5) is 0 Å². The van der Waals surface area contributed by atoms with E-state index in [0.29, 0.717) is 32.1 Å². The van der Waals surface area contributed by atoms with Gasteiger partial charge in [0.25, 0.3) is 0 Å². The van der Waals surface area contributed by atoms with Crippen LogP contribution in [0.3, 0.4) is 0 Å². The number of allylic oxidation sites excluding steroid dienone is 14. The summed E-state index contributed by atoms with van der Waals surface area (Å²) in [5, 5.41) is 19.9. The van der Waals surface area contributed by atoms with E-state index in [0.717, 1.165) is 38.5 Å². The highest BCUT2D eigenvalue weighted by atomic mass is 31.2. The molecule has 0 rings (SSSR count). The molecule has 54 heavy (non-hydrogen) atoms. The number of aliphatic hydroxyl groups excluding tert-OH is 2. The lowest BCUT2D eigenvalue weighted by Gasteiger charge is -2.18. The van der Waals surface area contributed by atoms with Crippen LogP contribution >= 0.6 is 7.82 Å². The summed E-state index contributed by atoms with van der Waals surface area (Å²) in [4.78, 5) is 42.7. The van der Waals surface area contributed by atoms with Crippen LogP contribution in [-0.2, 0) is 28.2 Å². The molecule has 0 aromatic rings. The number of rotatable bonds is 33. The molecule has 0 aromatic heterocycles. The fourth-order valence-corrected chi connectivity index (χ4v) is 4.89. The second kappa shape index (κ2) is 36.6. The number of ether oxygens (including phenoxy) is 2. The van der Waals surface area contributed by atoms with Gasteiger partial charge in [0.1, 0.15) is 6.61 Å². The van der Waals surface area contributed by atoms with Gasteiger partial charge in [0, 0.05) is 12.8 Å². The Morgan fingerprint density at radius 2 is 1.20 bits per heavy atom. The minimum Gasteiger partial charge on any atom is -0.462 e. The zero-order chi connectivity index (χ0) is 40.0. The summed E-state index contributed by atoms with van der Waals surface area (Å²) >= 11 is 0. The first-order valence-electron chi connectivity index (χ1n) is 19.4. The Labute approximate surface area is 324 Å². The smallest absolute Gasteiger partial charge is 0.462 e. The largest absolute Gasteiger partial charge is 0.469 e. The van der Waals surface area contributed by atoms with Crippen molar-refractivity contribution in [3.8, 4) is 0 Å². The number of carbonyl (C=O) groups is 2. The topological polar surface area (TPSA) is 160 Å². The molecule has 3 atom stereocenters. The van der Waals surface area contributed by atoms with E-state index in [1.807, 2.05) is 49.5 Å². The molecule has 0 aliphatic carbocycles. The number of phosphoric acid groups is 1. The predicted octanol–water partition coefficient (Wildman–Crippen LogP) is 9.56. The maximum atomic E-state index is 12.4. The van der Waals surface area contributed by atoms with Gasteiger partial charge in [-0.25, -0.2) is 4.57 Å². The summed E-state index contributed by atoms with van der Waals surface area (Å²) in [5.41, 5.74) is 0. The average Bonchev–Trinajstić information content (AvgIpc) is 3.13. The van der Waals surface area contributed by atoms with Crippen molar-refractivity contribution in [1.29, 1.82) is 0 Å². The molecule has 10 nitrogen and oxygen atoms in total. The van der Waals surface area contributed by atoms with Crippen molar-refractivity contribution in [2.45, 2.75) is 135 Å². The van der Waals surface area contributed by atoms with E-state index in [1.165, 1.54) is 19.3 Å². The number of esters is 2. The summed E-state index contributed by atoms with van der Waals surface area (Å²) < 4.78 is 26.2. The zero-order valence-electron chi connectivity index (χ0n) is 32.5. The SMILES string of the molecule is CC/C=C\C[C@@H](O)/C=C/C=C\C/C=C\C=C\[C@@H](O)/C=C\CCCC(=O)OC[C@H](COP(=O)(O)O)OC(=O)CCCC/C=C\C/C=C\C/C=C\CCCCC. The summed E-state index contributed by atoms with van der Waals surface area (Å²) in [6.45, 7) is 3.24. The van der Waals surface area contributed by atoms with Crippen molar-refractivity contribution in [2.75, 3.05) is 13.2 Å². The third-order valence-electron chi connectivity index (χ3n) is 7.45. The van der Waals surface area contributed by atoms with Crippen LogP contribution in [0.15, 0.2) is 109 Å². The lowest BCUT2D eigenvalue weighted by atomic mass is 10.1.